The van der Waals surface area contributed by atoms with Gasteiger partial charge in [0.15, 0.2) is 5.02 Å². The van der Waals surface area contributed by atoms with Crippen molar-refractivity contribution < 1.29 is 14.6 Å². The molecule has 0 amide bonds. The number of aromatic nitrogens is 2. The molecule has 0 spiro atoms. The van der Waals surface area contributed by atoms with Crippen molar-refractivity contribution in [3.05, 3.63) is 85.9 Å². The standard InChI is InChI=1S/C21H19ClN2O4/c1-12-5-4-6-15(9-12)11-28-19-18(22)20(25)24(14(3)23-19)17-10-16(21(26)27)8-7-13(17)2/h4-10H,11H2,1-3H3,(H,26,27). The summed E-state index contributed by atoms with van der Waals surface area (Å²) in [7, 11) is 0. The van der Waals surface area contributed by atoms with Crippen molar-refractivity contribution in [3.8, 4) is 11.6 Å². The lowest BCUT2D eigenvalue weighted by molar-refractivity contribution is 0.0697. The van der Waals surface area contributed by atoms with E-state index in [0.717, 1.165) is 16.7 Å². The zero-order chi connectivity index (χ0) is 20.4. The molecule has 0 bridgehead atoms. The Morgan fingerprint density at radius 2 is 1.93 bits per heavy atom. The number of aromatic carboxylic acids is 1. The van der Waals surface area contributed by atoms with E-state index < -0.39 is 11.5 Å². The van der Waals surface area contributed by atoms with Crippen LogP contribution >= 0.6 is 11.6 Å². The van der Waals surface area contributed by atoms with Gasteiger partial charge >= 0.3 is 5.97 Å². The van der Waals surface area contributed by atoms with Crippen LogP contribution in [0, 0.1) is 20.8 Å². The predicted molar refractivity (Wildman–Crippen MR) is 107 cm³/mol. The first-order valence-corrected chi connectivity index (χ1v) is 8.97. The summed E-state index contributed by atoms with van der Waals surface area (Å²) >= 11 is 6.24. The van der Waals surface area contributed by atoms with Gasteiger partial charge in [0.25, 0.3) is 5.56 Å². The van der Waals surface area contributed by atoms with Crippen molar-refractivity contribution in [1.82, 2.24) is 9.55 Å². The van der Waals surface area contributed by atoms with Crippen molar-refractivity contribution in [2.75, 3.05) is 0 Å². The number of carboxylic acids is 1. The Labute approximate surface area is 167 Å². The summed E-state index contributed by atoms with van der Waals surface area (Å²) in [6.45, 7) is 5.63. The molecule has 28 heavy (non-hydrogen) atoms. The number of carbonyl (C=O) groups is 1. The molecule has 0 fully saturated rings. The molecule has 0 atom stereocenters. The highest BCUT2D eigenvalue weighted by Gasteiger charge is 2.18. The molecule has 0 saturated heterocycles. The molecule has 3 aromatic rings. The van der Waals surface area contributed by atoms with Gasteiger partial charge in [-0.15, -0.1) is 0 Å². The van der Waals surface area contributed by atoms with Crippen molar-refractivity contribution >= 4 is 17.6 Å². The molecule has 144 valence electrons. The number of halogens is 1. The van der Waals surface area contributed by atoms with Crippen LogP contribution < -0.4 is 10.3 Å². The number of ether oxygens (including phenoxy) is 1. The zero-order valence-electron chi connectivity index (χ0n) is 15.7. The van der Waals surface area contributed by atoms with Crippen LogP contribution in [0.3, 0.4) is 0 Å². The Bertz CT molecular complexity index is 1120. The largest absolute Gasteiger partial charge is 0.478 e. The molecule has 2 aromatic carbocycles. The highest BCUT2D eigenvalue weighted by atomic mass is 35.5. The van der Waals surface area contributed by atoms with E-state index >= 15 is 0 Å². The summed E-state index contributed by atoms with van der Waals surface area (Å²) in [5, 5.41) is 9.08. The molecule has 7 heteroatoms. The summed E-state index contributed by atoms with van der Waals surface area (Å²) in [5.41, 5.74) is 2.73. The summed E-state index contributed by atoms with van der Waals surface area (Å²) in [6, 6.07) is 12.3. The Hall–Kier alpha value is -3.12. The molecule has 0 aliphatic rings. The van der Waals surface area contributed by atoms with E-state index in [2.05, 4.69) is 4.98 Å². The number of aryl methyl sites for hydroxylation is 3. The second-order valence-corrected chi connectivity index (χ2v) is 6.88. The molecule has 0 unspecified atom stereocenters. The van der Waals surface area contributed by atoms with Crippen LogP contribution in [-0.2, 0) is 6.61 Å². The number of hydrogen-bond acceptors (Lipinski definition) is 4. The van der Waals surface area contributed by atoms with Crippen LogP contribution in [0.2, 0.25) is 5.02 Å². The second-order valence-electron chi connectivity index (χ2n) is 6.50. The fraction of sp³-hybridized carbons (Fsp3) is 0.190. The molecular weight excluding hydrogens is 380 g/mol. The number of benzene rings is 2. The van der Waals surface area contributed by atoms with E-state index in [1.54, 1.807) is 19.9 Å². The number of hydrogen-bond donors (Lipinski definition) is 1. The van der Waals surface area contributed by atoms with Gasteiger partial charge in [0, 0.05) is 0 Å². The van der Waals surface area contributed by atoms with Gasteiger partial charge in [-0.05, 0) is 44.0 Å². The van der Waals surface area contributed by atoms with Crippen LogP contribution in [0.25, 0.3) is 5.69 Å². The summed E-state index contributed by atoms with van der Waals surface area (Å²) < 4.78 is 6.97. The molecule has 0 aliphatic carbocycles. The lowest BCUT2D eigenvalue weighted by Gasteiger charge is -2.15. The minimum Gasteiger partial charge on any atom is -0.478 e. The predicted octanol–water partition coefficient (Wildman–Crippen LogP) is 4.09. The molecular formula is C21H19ClN2O4. The Morgan fingerprint density at radius 1 is 1.18 bits per heavy atom. The molecule has 1 heterocycles. The average molecular weight is 399 g/mol. The van der Waals surface area contributed by atoms with Gasteiger partial charge in [-0.1, -0.05) is 47.5 Å². The van der Waals surface area contributed by atoms with E-state index in [-0.39, 0.29) is 23.1 Å². The number of rotatable bonds is 5. The molecule has 0 radical (unpaired) electrons. The van der Waals surface area contributed by atoms with Crippen molar-refractivity contribution in [3.63, 3.8) is 0 Å². The topological polar surface area (TPSA) is 81.4 Å². The average Bonchev–Trinajstić information content (AvgIpc) is 2.65. The van der Waals surface area contributed by atoms with Crippen LogP contribution in [-0.4, -0.2) is 20.6 Å². The Morgan fingerprint density at radius 3 is 2.61 bits per heavy atom. The highest BCUT2D eigenvalue weighted by Crippen LogP contribution is 2.23. The maximum absolute atomic E-state index is 12.9. The molecule has 1 N–H and O–H groups in total. The van der Waals surface area contributed by atoms with Gasteiger partial charge < -0.3 is 9.84 Å². The normalized spacial score (nSPS) is 10.7. The van der Waals surface area contributed by atoms with Crippen molar-refractivity contribution in [2.45, 2.75) is 27.4 Å². The third kappa shape index (κ3) is 3.92. The fourth-order valence-corrected chi connectivity index (χ4v) is 3.08. The van der Waals surface area contributed by atoms with Crippen LogP contribution in [0.15, 0.2) is 47.3 Å². The maximum atomic E-state index is 12.9. The van der Waals surface area contributed by atoms with Crippen molar-refractivity contribution in [1.29, 1.82) is 0 Å². The summed E-state index contributed by atoms with van der Waals surface area (Å²) in [5.74, 6) is -0.683. The number of nitrogens with zero attached hydrogens (tertiary/aromatic N) is 2. The van der Waals surface area contributed by atoms with Crippen molar-refractivity contribution in [2.24, 2.45) is 0 Å². The monoisotopic (exact) mass is 398 g/mol. The highest BCUT2D eigenvalue weighted by molar-refractivity contribution is 6.31. The lowest BCUT2D eigenvalue weighted by atomic mass is 10.1. The summed E-state index contributed by atoms with van der Waals surface area (Å²) in [6.07, 6.45) is 0. The van der Waals surface area contributed by atoms with E-state index in [9.17, 15) is 14.7 Å². The van der Waals surface area contributed by atoms with Gasteiger partial charge in [-0.3, -0.25) is 9.36 Å². The molecule has 0 saturated carbocycles. The Kier molecular flexibility index (Phi) is 5.51. The van der Waals surface area contributed by atoms with E-state index in [1.165, 1.54) is 16.7 Å². The van der Waals surface area contributed by atoms with Gasteiger partial charge in [-0.25, -0.2) is 4.79 Å². The third-order valence-electron chi connectivity index (χ3n) is 4.32. The first-order chi connectivity index (χ1) is 13.3. The number of carboxylic acid groups (broad SMARTS) is 1. The van der Waals surface area contributed by atoms with Crippen LogP contribution in [0.4, 0.5) is 0 Å². The quantitative estimate of drug-likeness (QED) is 0.700. The van der Waals surface area contributed by atoms with Crippen LogP contribution in [0.5, 0.6) is 5.88 Å². The van der Waals surface area contributed by atoms with Gasteiger partial charge in [0.2, 0.25) is 5.88 Å². The molecule has 0 aliphatic heterocycles. The molecule has 1 aromatic heterocycles. The van der Waals surface area contributed by atoms with E-state index in [4.69, 9.17) is 16.3 Å². The minimum atomic E-state index is -1.08. The van der Waals surface area contributed by atoms with Crippen LogP contribution in [0.1, 0.15) is 32.9 Å². The Balaban J connectivity index is 2.00. The minimum absolute atomic E-state index is 0.0500. The van der Waals surface area contributed by atoms with Gasteiger partial charge in [0.05, 0.1) is 11.3 Å². The second kappa shape index (κ2) is 7.86. The van der Waals surface area contributed by atoms with Gasteiger partial charge in [0.1, 0.15) is 12.4 Å². The first-order valence-electron chi connectivity index (χ1n) is 8.59. The molecule has 6 nitrogen and oxygen atoms in total. The smallest absolute Gasteiger partial charge is 0.335 e. The maximum Gasteiger partial charge on any atom is 0.335 e. The fourth-order valence-electron chi connectivity index (χ4n) is 2.90. The van der Waals surface area contributed by atoms with E-state index in [1.807, 2.05) is 31.2 Å². The summed E-state index contributed by atoms with van der Waals surface area (Å²) in [4.78, 5) is 28.5. The molecule has 3 rings (SSSR count). The lowest BCUT2D eigenvalue weighted by Crippen LogP contribution is -2.24. The van der Waals surface area contributed by atoms with Gasteiger partial charge in [-0.2, -0.15) is 4.98 Å². The third-order valence-corrected chi connectivity index (χ3v) is 4.64. The zero-order valence-corrected chi connectivity index (χ0v) is 16.4. The van der Waals surface area contributed by atoms with E-state index in [0.29, 0.717) is 11.5 Å². The SMILES string of the molecule is Cc1cccc(COc2nc(C)n(-c3cc(C(=O)O)ccc3C)c(=O)c2Cl)c1. The first kappa shape index (κ1) is 19.6.